The van der Waals surface area contributed by atoms with Crippen LogP contribution >= 0.6 is 22.9 Å². The molecule has 2 aromatic carbocycles. The molecule has 0 spiro atoms. The minimum absolute atomic E-state index is 0.343. The van der Waals surface area contributed by atoms with Crippen molar-refractivity contribution in [2.75, 3.05) is 11.9 Å². The predicted octanol–water partition coefficient (Wildman–Crippen LogP) is 4.99. The Morgan fingerprint density at radius 1 is 0.962 bits per heavy atom. The Morgan fingerprint density at radius 3 is 2.42 bits per heavy atom. The van der Waals surface area contributed by atoms with Crippen molar-refractivity contribution < 1.29 is 19.1 Å². The zero-order chi connectivity index (χ0) is 18.4. The maximum Gasteiger partial charge on any atom is 0.348 e. The summed E-state index contributed by atoms with van der Waals surface area (Å²) in [5, 5.41) is 2.68. The summed E-state index contributed by atoms with van der Waals surface area (Å²) in [7, 11) is 0. The summed E-state index contributed by atoms with van der Waals surface area (Å²) >= 11 is 6.87. The highest BCUT2D eigenvalue weighted by Crippen LogP contribution is 2.29. The number of esters is 1. The first kappa shape index (κ1) is 18.0. The smallest absolute Gasteiger partial charge is 0.348 e. The number of ether oxygens (including phenoxy) is 2. The molecule has 0 radical (unpaired) electrons. The van der Waals surface area contributed by atoms with Gasteiger partial charge in [-0.05, 0) is 36.4 Å². The van der Waals surface area contributed by atoms with Gasteiger partial charge in [0.25, 0.3) is 5.91 Å². The van der Waals surface area contributed by atoms with E-state index in [0.29, 0.717) is 26.4 Å². The van der Waals surface area contributed by atoms with Crippen LogP contribution in [0.1, 0.15) is 9.67 Å². The van der Waals surface area contributed by atoms with Crippen molar-refractivity contribution in [2.45, 2.75) is 0 Å². The van der Waals surface area contributed by atoms with E-state index >= 15 is 0 Å². The Kier molecular flexibility index (Phi) is 5.88. The van der Waals surface area contributed by atoms with Crippen LogP contribution < -0.4 is 10.1 Å². The standard InChI is InChI=1S/C19H14ClNO4S/c20-17-11-10-16(26-17)19(23)24-12-18(22)21-14-8-4-5-9-15(14)25-13-6-2-1-3-7-13/h1-11H,12H2,(H,21,22). The number of nitrogens with one attached hydrogen (secondary N) is 1. The molecule has 1 heterocycles. The Balaban J connectivity index is 1.60. The Morgan fingerprint density at radius 2 is 1.69 bits per heavy atom. The third-order valence-corrected chi connectivity index (χ3v) is 4.45. The van der Waals surface area contributed by atoms with Crippen LogP contribution in [0.15, 0.2) is 66.7 Å². The van der Waals surface area contributed by atoms with Gasteiger partial charge in [-0.1, -0.05) is 41.9 Å². The van der Waals surface area contributed by atoms with Gasteiger partial charge in [0.05, 0.1) is 10.0 Å². The van der Waals surface area contributed by atoms with Crippen molar-refractivity contribution in [2.24, 2.45) is 0 Å². The van der Waals surface area contributed by atoms with E-state index in [1.54, 1.807) is 36.4 Å². The summed E-state index contributed by atoms with van der Waals surface area (Å²) in [6.07, 6.45) is 0. The van der Waals surface area contributed by atoms with Crippen LogP contribution in [0.3, 0.4) is 0 Å². The zero-order valence-corrected chi connectivity index (χ0v) is 15.0. The fraction of sp³-hybridized carbons (Fsp3) is 0.0526. The van der Waals surface area contributed by atoms with E-state index < -0.39 is 18.5 Å². The molecule has 3 rings (SSSR count). The molecule has 0 saturated carbocycles. The van der Waals surface area contributed by atoms with E-state index in [1.807, 2.05) is 30.3 Å². The largest absolute Gasteiger partial charge is 0.455 e. The molecule has 0 atom stereocenters. The maximum absolute atomic E-state index is 12.1. The molecule has 1 amide bonds. The summed E-state index contributed by atoms with van der Waals surface area (Å²) in [5.41, 5.74) is 0.483. The van der Waals surface area contributed by atoms with E-state index in [4.69, 9.17) is 21.1 Å². The molecule has 1 N–H and O–H groups in total. The summed E-state index contributed by atoms with van der Waals surface area (Å²) in [6.45, 7) is -0.409. The molecule has 0 saturated heterocycles. The second-order valence-electron chi connectivity index (χ2n) is 5.14. The Bertz CT molecular complexity index is 911. The Labute approximate surface area is 159 Å². The fourth-order valence-corrected chi connectivity index (χ4v) is 3.02. The average Bonchev–Trinajstić information content (AvgIpc) is 3.09. The monoisotopic (exact) mass is 387 g/mol. The van der Waals surface area contributed by atoms with Crippen LogP contribution in [0.4, 0.5) is 5.69 Å². The van der Waals surface area contributed by atoms with Gasteiger partial charge in [-0.25, -0.2) is 4.79 Å². The van der Waals surface area contributed by atoms with Gasteiger partial charge in [0.15, 0.2) is 12.4 Å². The lowest BCUT2D eigenvalue weighted by Gasteiger charge is -2.12. The first-order chi connectivity index (χ1) is 12.6. The lowest BCUT2D eigenvalue weighted by atomic mass is 10.3. The Hall–Kier alpha value is -2.83. The van der Waals surface area contributed by atoms with Crippen molar-refractivity contribution in [1.82, 2.24) is 0 Å². The van der Waals surface area contributed by atoms with E-state index in [2.05, 4.69) is 5.32 Å². The molecule has 5 nitrogen and oxygen atoms in total. The van der Waals surface area contributed by atoms with E-state index in [-0.39, 0.29) is 0 Å². The summed E-state index contributed by atoms with van der Waals surface area (Å²) < 4.78 is 11.2. The molecular formula is C19H14ClNO4S. The third kappa shape index (κ3) is 4.84. The van der Waals surface area contributed by atoms with Gasteiger partial charge in [-0.3, -0.25) is 4.79 Å². The summed E-state index contributed by atoms with van der Waals surface area (Å²) in [4.78, 5) is 24.3. The second-order valence-corrected chi connectivity index (χ2v) is 6.85. The molecule has 0 fully saturated rings. The minimum Gasteiger partial charge on any atom is -0.455 e. The quantitative estimate of drug-likeness (QED) is 0.605. The molecule has 0 aliphatic carbocycles. The van der Waals surface area contributed by atoms with Gasteiger partial charge in [0, 0.05) is 0 Å². The number of benzene rings is 2. The minimum atomic E-state index is -0.592. The van der Waals surface area contributed by atoms with Crippen LogP contribution in [-0.4, -0.2) is 18.5 Å². The van der Waals surface area contributed by atoms with Gasteiger partial charge < -0.3 is 14.8 Å². The van der Waals surface area contributed by atoms with Crippen molar-refractivity contribution in [3.05, 3.63) is 75.9 Å². The van der Waals surface area contributed by atoms with Gasteiger partial charge in [-0.2, -0.15) is 0 Å². The van der Waals surface area contributed by atoms with Crippen LogP contribution in [0.25, 0.3) is 0 Å². The lowest BCUT2D eigenvalue weighted by Crippen LogP contribution is -2.20. The van der Waals surface area contributed by atoms with Gasteiger partial charge >= 0.3 is 5.97 Å². The highest BCUT2D eigenvalue weighted by atomic mass is 35.5. The molecule has 0 aliphatic rings. The number of amides is 1. The highest BCUT2D eigenvalue weighted by Gasteiger charge is 2.14. The first-order valence-corrected chi connectivity index (χ1v) is 8.85. The molecule has 3 aromatic rings. The molecule has 0 aliphatic heterocycles. The molecule has 26 heavy (non-hydrogen) atoms. The second kappa shape index (κ2) is 8.51. The van der Waals surface area contributed by atoms with Crippen LogP contribution in [-0.2, 0) is 9.53 Å². The van der Waals surface area contributed by atoms with Gasteiger partial charge in [0.2, 0.25) is 0 Å². The van der Waals surface area contributed by atoms with E-state index in [9.17, 15) is 9.59 Å². The number of hydrogen-bond acceptors (Lipinski definition) is 5. The number of carbonyl (C=O) groups excluding carboxylic acids is 2. The number of carbonyl (C=O) groups is 2. The summed E-state index contributed by atoms with van der Waals surface area (Å²) in [6, 6.07) is 19.4. The van der Waals surface area contributed by atoms with Gasteiger partial charge in [0.1, 0.15) is 10.6 Å². The van der Waals surface area contributed by atoms with Crippen molar-refractivity contribution in [3.8, 4) is 11.5 Å². The summed E-state index contributed by atoms with van der Waals surface area (Å²) in [5.74, 6) is 0.0783. The number of hydrogen-bond donors (Lipinski definition) is 1. The normalized spacial score (nSPS) is 10.2. The average molecular weight is 388 g/mol. The van der Waals surface area contributed by atoms with Crippen molar-refractivity contribution >= 4 is 40.5 Å². The van der Waals surface area contributed by atoms with Crippen molar-refractivity contribution in [3.63, 3.8) is 0 Å². The van der Waals surface area contributed by atoms with E-state index in [1.165, 1.54) is 0 Å². The topological polar surface area (TPSA) is 64.6 Å². The number of rotatable bonds is 6. The molecule has 132 valence electrons. The predicted molar refractivity (Wildman–Crippen MR) is 101 cm³/mol. The molecule has 7 heteroatoms. The molecular weight excluding hydrogens is 374 g/mol. The number of anilines is 1. The van der Waals surface area contributed by atoms with Crippen LogP contribution in [0.5, 0.6) is 11.5 Å². The molecule has 0 bridgehead atoms. The fourth-order valence-electron chi connectivity index (χ4n) is 2.09. The maximum atomic E-state index is 12.1. The highest BCUT2D eigenvalue weighted by molar-refractivity contribution is 7.17. The zero-order valence-electron chi connectivity index (χ0n) is 13.5. The number of thiophene rings is 1. The molecule has 1 aromatic heterocycles. The first-order valence-electron chi connectivity index (χ1n) is 7.66. The third-order valence-electron chi connectivity index (χ3n) is 3.24. The van der Waals surface area contributed by atoms with Crippen LogP contribution in [0.2, 0.25) is 4.34 Å². The van der Waals surface area contributed by atoms with Crippen molar-refractivity contribution in [1.29, 1.82) is 0 Å². The van der Waals surface area contributed by atoms with E-state index in [0.717, 1.165) is 11.3 Å². The number of para-hydroxylation sites is 3. The van der Waals surface area contributed by atoms with Crippen LogP contribution in [0, 0.1) is 0 Å². The lowest BCUT2D eigenvalue weighted by molar-refractivity contribution is -0.119. The molecule has 0 unspecified atom stereocenters. The SMILES string of the molecule is O=C(COC(=O)c1ccc(Cl)s1)Nc1ccccc1Oc1ccccc1. The number of halogens is 1. The van der Waals surface area contributed by atoms with Gasteiger partial charge in [-0.15, -0.1) is 11.3 Å².